The summed E-state index contributed by atoms with van der Waals surface area (Å²) < 4.78 is 1.33. The summed E-state index contributed by atoms with van der Waals surface area (Å²) in [6.07, 6.45) is 3.26. The summed E-state index contributed by atoms with van der Waals surface area (Å²) in [7, 11) is 0. The quantitative estimate of drug-likeness (QED) is 0.173. The van der Waals surface area contributed by atoms with Crippen LogP contribution in [0.1, 0.15) is 0 Å². The average molecular weight is 527 g/mol. The Balaban J connectivity index is 1.53. The molecule has 0 amide bonds. The van der Waals surface area contributed by atoms with Gasteiger partial charge in [0.2, 0.25) is 0 Å². The van der Waals surface area contributed by atoms with Crippen molar-refractivity contribution >= 4 is 37.8 Å². The Hall–Kier alpha value is -5.61. The van der Waals surface area contributed by atoms with Crippen LogP contribution in [-0.2, 0) is 0 Å². The first-order valence-corrected chi connectivity index (χ1v) is 13.5. The van der Waals surface area contributed by atoms with E-state index in [1.807, 2.05) is 36.4 Å². The fraction of sp³-hybridized carbons (Fsp3) is 0. The molecule has 4 nitrogen and oxygen atoms in total. The van der Waals surface area contributed by atoms with Crippen LogP contribution in [0.25, 0.3) is 71.2 Å². The van der Waals surface area contributed by atoms with E-state index in [-0.39, 0.29) is 11.1 Å². The van der Waals surface area contributed by atoms with Gasteiger partial charge < -0.3 is 0 Å². The summed E-state index contributed by atoms with van der Waals surface area (Å²) in [5.74, 6) is 0. The molecule has 0 fully saturated rings. The summed E-state index contributed by atoms with van der Waals surface area (Å²) in [6.45, 7) is 0. The lowest BCUT2D eigenvalue weighted by Crippen LogP contribution is -2.27. The monoisotopic (exact) mass is 526 g/mol. The SMILES string of the molecule is O=c1c2ccccc2c2cc(-c3cc(-c4ccccc4)cc(-c4ccccc4)c3)cc3c4ccncc4c(=O)n1c23. The van der Waals surface area contributed by atoms with Crippen molar-refractivity contribution < 1.29 is 0 Å². The number of aromatic nitrogens is 2. The molecule has 0 unspecified atom stereocenters. The summed E-state index contributed by atoms with van der Waals surface area (Å²) in [6, 6.07) is 41.1. The Labute approximate surface area is 234 Å². The first-order chi connectivity index (χ1) is 20.2. The van der Waals surface area contributed by atoms with Crippen LogP contribution in [0.15, 0.2) is 143 Å². The van der Waals surface area contributed by atoms with E-state index in [0.717, 1.165) is 54.9 Å². The number of rotatable bonds is 3. The van der Waals surface area contributed by atoms with Gasteiger partial charge in [-0.05, 0) is 86.6 Å². The Morgan fingerprint density at radius 1 is 0.415 bits per heavy atom. The Bertz CT molecular complexity index is 2240. The lowest BCUT2D eigenvalue weighted by Gasteiger charge is -2.16. The van der Waals surface area contributed by atoms with Gasteiger partial charge in [0.1, 0.15) is 0 Å². The first-order valence-electron chi connectivity index (χ1n) is 13.5. The van der Waals surface area contributed by atoms with Gasteiger partial charge in [-0.3, -0.25) is 14.6 Å². The number of hydrogen-bond acceptors (Lipinski definition) is 3. The largest absolute Gasteiger partial charge is 0.268 e. The molecule has 0 aliphatic rings. The van der Waals surface area contributed by atoms with Crippen molar-refractivity contribution in [1.29, 1.82) is 0 Å². The number of pyridine rings is 3. The van der Waals surface area contributed by atoms with Gasteiger partial charge >= 0.3 is 0 Å². The zero-order chi connectivity index (χ0) is 27.5. The fourth-order valence-electron chi connectivity index (χ4n) is 6.08. The fourth-order valence-corrected chi connectivity index (χ4v) is 6.08. The molecule has 5 aromatic carbocycles. The maximum absolute atomic E-state index is 13.7. The minimum absolute atomic E-state index is 0.306. The van der Waals surface area contributed by atoms with Gasteiger partial charge in [0, 0.05) is 28.6 Å². The lowest BCUT2D eigenvalue weighted by atomic mass is 9.91. The van der Waals surface area contributed by atoms with Gasteiger partial charge in [-0.15, -0.1) is 0 Å². The van der Waals surface area contributed by atoms with Crippen LogP contribution >= 0.6 is 0 Å². The molecular weight excluding hydrogens is 504 g/mol. The van der Waals surface area contributed by atoms with Crippen LogP contribution in [0.5, 0.6) is 0 Å². The summed E-state index contributed by atoms with van der Waals surface area (Å²) >= 11 is 0. The third-order valence-corrected chi connectivity index (χ3v) is 8.01. The van der Waals surface area contributed by atoms with Gasteiger partial charge in [-0.25, -0.2) is 4.40 Å². The molecule has 8 rings (SSSR count). The third kappa shape index (κ3) is 3.58. The molecule has 0 saturated heterocycles. The second kappa shape index (κ2) is 8.97. The molecule has 8 aromatic rings. The van der Waals surface area contributed by atoms with Crippen LogP contribution in [0.3, 0.4) is 0 Å². The Morgan fingerprint density at radius 3 is 1.49 bits per heavy atom. The topological polar surface area (TPSA) is 51.4 Å². The van der Waals surface area contributed by atoms with E-state index in [9.17, 15) is 9.59 Å². The number of nitrogens with zero attached hydrogens (tertiary/aromatic N) is 2. The molecule has 0 N–H and O–H groups in total. The van der Waals surface area contributed by atoms with Gasteiger partial charge in [0.25, 0.3) is 11.1 Å². The van der Waals surface area contributed by atoms with E-state index in [1.54, 1.807) is 18.5 Å². The van der Waals surface area contributed by atoms with Crippen molar-refractivity contribution in [3.63, 3.8) is 0 Å². The second-order valence-electron chi connectivity index (χ2n) is 10.4. The molecule has 3 aromatic heterocycles. The Morgan fingerprint density at radius 2 is 0.878 bits per heavy atom. The lowest BCUT2D eigenvalue weighted by molar-refractivity contribution is 1.08. The van der Waals surface area contributed by atoms with E-state index in [2.05, 4.69) is 83.8 Å². The van der Waals surface area contributed by atoms with Crippen molar-refractivity contribution in [3.05, 3.63) is 154 Å². The van der Waals surface area contributed by atoms with E-state index in [4.69, 9.17) is 0 Å². The molecule has 192 valence electrons. The molecular formula is C37H22N2O2. The van der Waals surface area contributed by atoms with Crippen LogP contribution in [0.2, 0.25) is 0 Å². The molecule has 41 heavy (non-hydrogen) atoms. The maximum Gasteiger partial charge on any atom is 0.267 e. The predicted octanol–water partition coefficient (Wildman–Crippen LogP) is 7.95. The van der Waals surface area contributed by atoms with E-state index >= 15 is 0 Å². The van der Waals surface area contributed by atoms with E-state index in [1.165, 1.54) is 4.40 Å². The highest BCUT2D eigenvalue weighted by Crippen LogP contribution is 2.38. The summed E-state index contributed by atoms with van der Waals surface area (Å²) in [4.78, 5) is 31.5. The van der Waals surface area contributed by atoms with Crippen molar-refractivity contribution in [3.8, 4) is 33.4 Å². The highest BCUT2D eigenvalue weighted by atomic mass is 16.2. The average Bonchev–Trinajstić information content (AvgIpc) is 3.05. The zero-order valence-electron chi connectivity index (χ0n) is 21.9. The highest BCUT2D eigenvalue weighted by Gasteiger charge is 2.19. The van der Waals surface area contributed by atoms with Crippen molar-refractivity contribution in [2.45, 2.75) is 0 Å². The molecule has 0 atom stereocenters. The van der Waals surface area contributed by atoms with Gasteiger partial charge in [-0.1, -0.05) is 78.9 Å². The molecule has 0 bridgehead atoms. The highest BCUT2D eigenvalue weighted by molar-refractivity contribution is 6.19. The normalized spacial score (nSPS) is 11.6. The molecule has 0 aliphatic heterocycles. The summed E-state index contributed by atoms with van der Waals surface area (Å²) in [5.41, 5.74) is 6.56. The first kappa shape index (κ1) is 23.3. The molecule has 0 radical (unpaired) electrons. The predicted molar refractivity (Wildman–Crippen MR) is 168 cm³/mol. The zero-order valence-corrected chi connectivity index (χ0v) is 21.9. The van der Waals surface area contributed by atoms with Gasteiger partial charge in [-0.2, -0.15) is 0 Å². The number of fused-ring (bicyclic) bond motifs is 4. The van der Waals surface area contributed by atoms with Crippen LogP contribution < -0.4 is 11.1 Å². The third-order valence-electron chi connectivity index (χ3n) is 8.01. The number of benzene rings is 5. The molecule has 0 aliphatic carbocycles. The van der Waals surface area contributed by atoms with Gasteiger partial charge in [0.05, 0.1) is 10.9 Å². The van der Waals surface area contributed by atoms with Gasteiger partial charge in [0.15, 0.2) is 0 Å². The van der Waals surface area contributed by atoms with E-state index < -0.39 is 0 Å². The van der Waals surface area contributed by atoms with Crippen molar-refractivity contribution in [2.75, 3.05) is 0 Å². The van der Waals surface area contributed by atoms with Crippen LogP contribution in [0, 0.1) is 0 Å². The van der Waals surface area contributed by atoms with Crippen LogP contribution in [0.4, 0.5) is 0 Å². The standard InChI is InChI=1S/C37H22N2O2/c40-36-31-14-8-7-13-29(31)32-20-28(21-33-30-15-16-38-22-34(30)37(41)39(36)35(32)33)27-18-25(23-9-3-1-4-10-23)17-26(19-27)24-11-5-2-6-12-24/h1-22H. The molecule has 0 saturated carbocycles. The number of hydrogen-bond donors (Lipinski definition) is 0. The molecule has 4 heteroatoms. The summed E-state index contributed by atoms with van der Waals surface area (Å²) in [5, 5.41) is 4.29. The second-order valence-corrected chi connectivity index (χ2v) is 10.4. The maximum atomic E-state index is 13.7. The van der Waals surface area contributed by atoms with Crippen LogP contribution in [-0.4, -0.2) is 9.38 Å². The molecule has 3 heterocycles. The molecule has 0 spiro atoms. The minimum Gasteiger partial charge on any atom is -0.268 e. The minimum atomic E-state index is -0.341. The van der Waals surface area contributed by atoms with E-state index in [0.29, 0.717) is 16.3 Å². The van der Waals surface area contributed by atoms with Crippen molar-refractivity contribution in [2.24, 2.45) is 0 Å². The van der Waals surface area contributed by atoms with Crippen molar-refractivity contribution in [1.82, 2.24) is 9.38 Å². The smallest absolute Gasteiger partial charge is 0.267 e. The Kier molecular flexibility index (Phi) is 5.09.